The fraction of sp³-hybridized carbons (Fsp3) is 0.813. The number of Topliss-reactive ketones (excluding diaryl/α,β-unsaturated/α-hetero) is 1. The molecular weight excluding hydrogens is 997 g/mol. The molecule has 6 heteroatoms. The van der Waals surface area contributed by atoms with Crippen LogP contribution in [-0.4, -0.2) is 57.8 Å². The first-order valence-corrected chi connectivity index (χ1v) is 35.7. The number of hydrogen-bond acceptors (Lipinski definition) is 6. The highest BCUT2D eigenvalue weighted by Crippen LogP contribution is 2.38. The van der Waals surface area contributed by atoms with Crippen molar-refractivity contribution in [2.45, 2.75) is 342 Å². The number of ether oxygens (including phenoxy) is 4. The molecule has 0 radical (unpaired) electrons. The number of hydrogen-bond donors (Lipinski definition) is 0. The quantitative estimate of drug-likeness (QED) is 0.0525. The van der Waals surface area contributed by atoms with Gasteiger partial charge in [-0.05, 0) is 48.6 Å². The van der Waals surface area contributed by atoms with Gasteiger partial charge >= 0.3 is 0 Å². The summed E-state index contributed by atoms with van der Waals surface area (Å²) in [6.07, 6.45) is 65.4. The monoisotopic (exact) mass is 1130 g/mol. The number of ketones is 2. The molecule has 0 saturated heterocycles. The summed E-state index contributed by atoms with van der Waals surface area (Å²) < 4.78 is 25.9. The minimum atomic E-state index is -0.554. The highest BCUT2D eigenvalue weighted by Gasteiger charge is 2.35. The van der Waals surface area contributed by atoms with Crippen LogP contribution in [0.2, 0.25) is 0 Å². The zero-order chi connectivity index (χ0) is 57.6. The molecule has 0 N–H and O–H groups in total. The zero-order valence-corrected chi connectivity index (χ0v) is 53.8. The van der Waals surface area contributed by atoms with Crippen LogP contribution in [0.4, 0.5) is 0 Å². The Balaban J connectivity index is 1.47. The van der Waals surface area contributed by atoms with Crippen LogP contribution in [0.3, 0.4) is 0 Å². The second kappa shape index (κ2) is 53.0. The molecule has 0 fully saturated rings. The third-order valence-electron chi connectivity index (χ3n) is 17.6. The van der Waals surface area contributed by atoms with Gasteiger partial charge in [0.25, 0.3) is 0 Å². The summed E-state index contributed by atoms with van der Waals surface area (Å²) in [5, 5.41) is 0. The van der Waals surface area contributed by atoms with Crippen molar-refractivity contribution in [3.63, 3.8) is 0 Å². The Hall–Kier alpha value is -2.54. The van der Waals surface area contributed by atoms with E-state index >= 15 is 0 Å². The molecule has 81 heavy (non-hydrogen) atoms. The lowest BCUT2D eigenvalue weighted by molar-refractivity contribution is -0.129. The smallest absolute Gasteiger partial charge is 0.194 e. The lowest BCUT2D eigenvalue weighted by Gasteiger charge is -2.33. The molecule has 2 aromatic rings. The molecule has 466 valence electrons. The van der Waals surface area contributed by atoms with Gasteiger partial charge in [-0.25, -0.2) is 0 Å². The normalized spacial score (nSPS) is 12.2. The average Bonchev–Trinajstić information content (AvgIpc) is 4.00. The van der Waals surface area contributed by atoms with Crippen LogP contribution >= 0.6 is 0 Å². The lowest BCUT2D eigenvalue weighted by Crippen LogP contribution is -2.40. The maximum absolute atomic E-state index is 14.1. The summed E-state index contributed by atoms with van der Waals surface area (Å²) in [6, 6.07) is 13.5. The van der Waals surface area contributed by atoms with Gasteiger partial charge < -0.3 is 18.9 Å². The average molecular weight is 1130 g/mol. The summed E-state index contributed by atoms with van der Waals surface area (Å²) in [6.45, 7) is 10.7. The number of fused-ring (bicyclic) bond motifs is 3. The van der Waals surface area contributed by atoms with Crippen LogP contribution in [-0.2, 0) is 19.0 Å². The van der Waals surface area contributed by atoms with Crippen molar-refractivity contribution in [3.8, 4) is 16.9 Å². The molecule has 0 spiro atoms. The van der Waals surface area contributed by atoms with E-state index in [0.29, 0.717) is 57.4 Å². The van der Waals surface area contributed by atoms with Gasteiger partial charge in [-0.3, -0.25) is 9.59 Å². The molecule has 0 bridgehead atoms. The Morgan fingerprint density at radius 3 is 0.938 bits per heavy atom. The van der Waals surface area contributed by atoms with Crippen molar-refractivity contribution in [1.29, 1.82) is 0 Å². The minimum absolute atomic E-state index is 0.0330. The Morgan fingerprint density at radius 2 is 0.617 bits per heavy atom. The molecule has 0 saturated carbocycles. The fourth-order valence-corrected chi connectivity index (χ4v) is 12.3. The van der Waals surface area contributed by atoms with E-state index in [1.807, 2.05) is 42.5 Å². The number of carbonyl (C=O) groups is 2. The molecule has 0 amide bonds. The Kier molecular flexibility index (Phi) is 47.6. The van der Waals surface area contributed by atoms with E-state index in [9.17, 15) is 9.59 Å². The first-order valence-electron chi connectivity index (χ1n) is 35.7. The van der Waals surface area contributed by atoms with E-state index < -0.39 is 5.41 Å². The topological polar surface area (TPSA) is 71.1 Å². The van der Waals surface area contributed by atoms with Gasteiger partial charge in [0.05, 0.1) is 26.4 Å². The van der Waals surface area contributed by atoms with Crippen molar-refractivity contribution < 1.29 is 28.5 Å². The van der Waals surface area contributed by atoms with Crippen molar-refractivity contribution in [2.24, 2.45) is 5.41 Å². The van der Waals surface area contributed by atoms with Gasteiger partial charge in [-0.2, -0.15) is 0 Å². The summed E-state index contributed by atoms with van der Waals surface area (Å²) in [4.78, 5) is 27.4. The van der Waals surface area contributed by atoms with Gasteiger partial charge in [0.15, 0.2) is 5.78 Å². The van der Waals surface area contributed by atoms with Crippen LogP contribution < -0.4 is 4.74 Å². The molecule has 0 aliphatic heterocycles. The standard InChI is InChI=1S/C75H130O6/c1-4-7-10-13-16-19-22-25-28-31-34-37-40-43-46-51-59-78-65-75(66-79-60-52-47-44-41-38-35-32-29-26-23-20-17-14-11-8-5-2,67-80-61-53-48-45-42-39-36-33-30-27-24-21-18-15-12-9-6-3)64-68(76)58-62-81-69-56-57-71-70-54-49-50-55-72(70)74(77)73(71)63-69/h49-50,54-57,63H,4-48,51-53,58-62,64-67H2,1-3H3. The number of benzene rings is 2. The van der Waals surface area contributed by atoms with Crippen LogP contribution in [0.5, 0.6) is 5.75 Å². The number of unbranched alkanes of at least 4 members (excludes halogenated alkanes) is 45. The predicted molar refractivity (Wildman–Crippen MR) is 349 cm³/mol. The molecule has 0 heterocycles. The van der Waals surface area contributed by atoms with E-state index in [0.717, 1.165) is 36.0 Å². The Labute approximate surface area is 501 Å². The molecule has 0 aromatic heterocycles. The SMILES string of the molecule is CCCCCCCCCCCCCCCCCCOCC(COCCCCCCCCCCCCCCCCCC)(COCCCCCCCCCCCCCCCCCC)CC(=O)CCOc1ccc2c(c1)C(=O)c1ccccc1-2. The number of carbonyl (C=O) groups excluding carboxylic acids is 2. The first-order chi connectivity index (χ1) is 40.0. The third-order valence-corrected chi connectivity index (χ3v) is 17.6. The Morgan fingerprint density at radius 1 is 0.333 bits per heavy atom. The fourth-order valence-electron chi connectivity index (χ4n) is 12.3. The highest BCUT2D eigenvalue weighted by molar-refractivity contribution is 6.21. The summed E-state index contributed by atoms with van der Waals surface area (Å²) in [5.74, 6) is 0.800. The highest BCUT2D eigenvalue weighted by atomic mass is 16.5. The van der Waals surface area contributed by atoms with Crippen molar-refractivity contribution in [3.05, 3.63) is 53.6 Å². The van der Waals surface area contributed by atoms with Crippen LogP contribution in [0.25, 0.3) is 11.1 Å². The molecule has 6 nitrogen and oxygen atoms in total. The van der Waals surface area contributed by atoms with E-state index in [4.69, 9.17) is 18.9 Å². The molecular formula is C75H130O6. The van der Waals surface area contributed by atoms with Gasteiger partial charge in [-0.1, -0.05) is 334 Å². The van der Waals surface area contributed by atoms with E-state index in [2.05, 4.69) is 20.8 Å². The third kappa shape index (κ3) is 38.2. The van der Waals surface area contributed by atoms with Gasteiger partial charge in [0.2, 0.25) is 0 Å². The van der Waals surface area contributed by atoms with E-state index in [1.165, 1.54) is 289 Å². The van der Waals surface area contributed by atoms with Gasteiger partial charge in [0.1, 0.15) is 11.5 Å². The van der Waals surface area contributed by atoms with Crippen molar-refractivity contribution in [1.82, 2.24) is 0 Å². The largest absolute Gasteiger partial charge is 0.493 e. The maximum Gasteiger partial charge on any atom is 0.194 e. The van der Waals surface area contributed by atoms with E-state index in [-0.39, 0.29) is 24.6 Å². The van der Waals surface area contributed by atoms with Crippen LogP contribution in [0, 0.1) is 5.41 Å². The lowest BCUT2D eigenvalue weighted by atomic mass is 9.84. The summed E-state index contributed by atoms with van der Waals surface area (Å²) >= 11 is 0. The molecule has 1 aliphatic rings. The van der Waals surface area contributed by atoms with Crippen molar-refractivity contribution >= 4 is 11.6 Å². The van der Waals surface area contributed by atoms with E-state index in [1.54, 1.807) is 0 Å². The zero-order valence-electron chi connectivity index (χ0n) is 53.8. The second-order valence-corrected chi connectivity index (χ2v) is 25.5. The molecule has 0 atom stereocenters. The van der Waals surface area contributed by atoms with Crippen LogP contribution in [0.15, 0.2) is 42.5 Å². The molecule has 1 aliphatic carbocycles. The maximum atomic E-state index is 14.1. The van der Waals surface area contributed by atoms with Gasteiger partial charge in [0, 0.05) is 49.2 Å². The minimum Gasteiger partial charge on any atom is -0.493 e. The van der Waals surface area contributed by atoms with Gasteiger partial charge in [-0.15, -0.1) is 0 Å². The first kappa shape index (κ1) is 72.7. The summed E-state index contributed by atoms with van der Waals surface area (Å²) in [5.41, 5.74) is 2.78. The molecule has 0 unspecified atom stereocenters. The van der Waals surface area contributed by atoms with Crippen LogP contribution in [0.1, 0.15) is 358 Å². The summed E-state index contributed by atoms with van der Waals surface area (Å²) in [7, 11) is 0. The second-order valence-electron chi connectivity index (χ2n) is 25.5. The number of rotatable bonds is 63. The predicted octanol–water partition coefficient (Wildman–Crippen LogP) is 23.4. The van der Waals surface area contributed by atoms with Crippen molar-refractivity contribution in [2.75, 3.05) is 46.2 Å². The Bertz CT molecular complexity index is 1640. The molecule has 3 rings (SSSR count). The molecule has 2 aromatic carbocycles.